The molecule has 0 aromatic heterocycles. The summed E-state index contributed by atoms with van der Waals surface area (Å²) in [5.74, 6) is -0.390. The predicted molar refractivity (Wildman–Crippen MR) is 78.9 cm³/mol. The molecule has 4 N–H and O–H groups in total. The van der Waals surface area contributed by atoms with Crippen LogP contribution in [0.4, 0.5) is 10.5 Å². The van der Waals surface area contributed by atoms with Crippen LogP contribution in [0.2, 0.25) is 5.02 Å². The molecule has 0 saturated carbocycles. The monoisotopic (exact) mass is 282 g/mol. The van der Waals surface area contributed by atoms with E-state index in [4.69, 9.17) is 22.7 Å². The first-order valence-corrected chi connectivity index (χ1v) is 6.51. The Balaban J connectivity index is 3.02. The van der Waals surface area contributed by atoms with Crippen molar-refractivity contribution in [2.24, 2.45) is 5.73 Å². The lowest BCUT2D eigenvalue weighted by atomic mass is 10.1. The molecule has 0 unspecified atom stereocenters. The maximum Gasteiger partial charge on any atom is 0.328 e. The molecule has 0 spiro atoms. The summed E-state index contributed by atoms with van der Waals surface area (Å²) in [6, 6.07) is 5.09. The topological polar surface area (TPSA) is 82.2 Å². The van der Waals surface area contributed by atoms with Crippen molar-refractivity contribution in [3.8, 4) is 0 Å². The quantitative estimate of drug-likeness (QED) is 0.586. The van der Waals surface area contributed by atoms with Crippen LogP contribution in [0, 0.1) is 5.41 Å². The van der Waals surface area contributed by atoms with Crippen LogP contribution in [-0.4, -0.2) is 19.0 Å². The lowest BCUT2D eigenvalue weighted by Crippen LogP contribution is -2.44. The third-order valence-corrected chi connectivity index (χ3v) is 3.06. The fraction of sp³-hybridized carbons (Fsp3) is 0.385. The molecule has 0 radical (unpaired) electrons. The highest BCUT2D eigenvalue weighted by Gasteiger charge is 2.17. The number of guanidine groups is 1. The highest BCUT2D eigenvalue weighted by atomic mass is 35.5. The zero-order valence-electron chi connectivity index (χ0n) is 11.2. The average molecular weight is 283 g/mol. The summed E-state index contributed by atoms with van der Waals surface area (Å²) in [4.78, 5) is 13.3. The summed E-state index contributed by atoms with van der Waals surface area (Å²) in [5, 5.41) is 9.83. The minimum absolute atomic E-state index is 0.390. The number of nitrogens with two attached hydrogens (primary N) is 1. The Hall–Kier alpha value is -1.75. The van der Waals surface area contributed by atoms with Gasteiger partial charge in [0.05, 0.1) is 10.7 Å². The van der Waals surface area contributed by atoms with E-state index in [0.29, 0.717) is 10.7 Å². The molecule has 104 valence electrons. The number of hydrogen-bond acceptors (Lipinski definition) is 2. The first-order valence-electron chi connectivity index (χ1n) is 6.13. The van der Waals surface area contributed by atoms with Crippen molar-refractivity contribution in [2.45, 2.75) is 26.2 Å². The Morgan fingerprint density at radius 1 is 1.53 bits per heavy atom. The maximum absolute atomic E-state index is 11.9. The zero-order chi connectivity index (χ0) is 14.4. The van der Waals surface area contributed by atoms with Crippen molar-refractivity contribution in [3.05, 3.63) is 28.8 Å². The number of halogens is 1. The van der Waals surface area contributed by atoms with Crippen LogP contribution in [-0.2, 0) is 6.42 Å². The maximum atomic E-state index is 11.9. The predicted octanol–water partition coefficient (Wildman–Crippen LogP) is 2.72. The van der Waals surface area contributed by atoms with E-state index < -0.39 is 6.03 Å². The van der Waals surface area contributed by atoms with Gasteiger partial charge in [-0.25, -0.2) is 4.79 Å². The largest absolute Gasteiger partial charge is 0.370 e. The van der Waals surface area contributed by atoms with Gasteiger partial charge >= 0.3 is 6.03 Å². The minimum Gasteiger partial charge on any atom is -0.370 e. The van der Waals surface area contributed by atoms with Gasteiger partial charge in [-0.05, 0) is 24.5 Å². The van der Waals surface area contributed by atoms with Gasteiger partial charge in [-0.15, -0.1) is 0 Å². The molecular weight excluding hydrogens is 264 g/mol. The van der Waals surface area contributed by atoms with Crippen molar-refractivity contribution < 1.29 is 4.79 Å². The molecule has 5 nitrogen and oxygen atoms in total. The molecule has 1 rings (SSSR count). The highest BCUT2D eigenvalue weighted by molar-refractivity contribution is 6.34. The molecule has 0 atom stereocenters. The van der Waals surface area contributed by atoms with Crippen molar-refractivity contribution >= 4 is 29.3 Å². The number of hydrogen-bond donors (Lipinski definition) is 3. The minimum atomic E-state index is -0.474. The lowest BCUT2D eigenvalue weighted by molar-refractivity contribution is 0.251. The Labute approximate surface area is 118 Å². The standard InChI is InChI=1S/C13H19ClN4O/c1-3-4-6-9-7-5-8-10(14)11(9)18(2)13(19)17-12(15)16/h5,7-8H,3-4,6H2,1-2H3,(H4,15,16,17,19). The number of nitrogens with zero attached hydrogens (tertiary/aromatic N) is 1. The molecule has 0 heterocycles. The van der Waals surface area contributed by atoms with Crippen molar-refractivity contribution in [1.82, 2.24) is 5.32 Å². The Kier molecular flexibility index (Phi) is 5.63. The van der Waals surface area contributed by atoms with Gasteiger partial charge in [0, 0.05) is 7.05 Å². The van der Waals surface area contributed by atoms with Gasteiger partial charge in [-0.3, -0.25) is 15.6 Å². The van der Waals surface area contributed by atoms with E-state index >= 15 is 0 Å². The molecule has 19 heavy (non-hydrogen) atoms. The number of benzene rings is 1. The lowest BCUT2D eigenvalue weighted by Gasteiger charge is -2.22. The van der Waals surface area contributed by atoms with E-state index in [9.17, 15) is 4.79 Å². The SMILES string of the molecule is CCCCc1cccc(Cl)c1N(C)C(=O)NC(=N)N. The molecule has 0 aliphatic heterocycles. The van der Waals surface area contributed by atoms with E-state index in [2.05, 4.69) is 12.2 Å². The van der Waals surface area contributed by atoms with Crippen LogP contribution in [0.5, 0.6) is 0 Å². The summed E-state index contributed by atoms with van der Waals surface area (Å²) in [6.07, 6.45) is 2.94. The fourth-order valence-electron chi connectivity index (χ4n) is 1.81. The number of unbranched alkanes of at least 4 members (excludes halogenated alkanes) is 1. The summed E-state index contributed by atoms with van der Waals surface area (Å²) >= 11 is 6.18. The van der Waals surface area contributed by atoms with E-state index in [1.54, 1.807) is 13.1 Å². The normalized spacial score (nSPS) is 10.1. The first-order chi connectivity index (χ1) is 8.97. The second-order valence-corrected chi connectivity index (χ2v) is 4.66. The number of nitrogens with one attached hydrogen (secondary N) is 2. The van der Waals surface area contributed by atoms with Gasteiger partial charge in [0.15, 0.2) is 5.96 Å². The number of para-hydroxylation sites is 1. The van der Waals surface area contributed by atoms with E-state index in [0.717, 1.165) is 24.8 Å². The van der Waals surface area contributed by atoms with Crippen LogP contribution in [0.1, 0.15) is 25.3 Å². The van der Waals surface area contributed by atoms with E-state index in [-0.39, 0.29) is 5.96 Å². The molecule has 1 aromatic carbocycles. The average Bonchev–Trinajstić information content (AvgIpc) is 2.34. The van der Waals surface area contributed by atoms with E-state index in [1.807, 2.05) is 12.1 Å². The van der Waals surface area contributed by atoms with Crippen molar-refractivity contribution in [1.29, 1.82) is 5.41 Å². The van der Waals surface area contributed by atoms with Gasteiger partial charge in [-0.1, -0.05) is 37.1 Å². The number of anilines is 1. The summed E-state index contributed by atoms with van der Waals surface area (Å²) in [6.45, 7) is 2.11. The third kappa shape index (κ3) is 4.13. The molecule has 2 amide bonds. The number of aryl methyl sites for hydroxylation is 1. The molecule has 1 aromatic rings. The second-order valence-electron chi connectivity index (χ2n) is 4.25. The number of carbonyl (C=O) groups is 1. The molecule has 0 fully saturated rings. The van der Waals surface area contributed by atoms with Gasteiger partial charge in [0.25, 0.3) is 0 Å². The third-order valence-electron chi connectivity index (χ3n) is 2.75. The number of amides is 2. The molecule has 0 aliphatic carbocycles. The summed E-state index contributed by atoms with van der Waals surface area (Å²) in [7, 11) is 1.61. The van der Waals surface area contributed by atoms with Gasteiger partial charge in [0.1, 0.15) is 0 Å². The number of urea groups is 1. The molecular formula is C13H19ClN4O. The molecule has 6 heteroatoms. The molecule has 0 saturated heterocycles. The smallest absolute Gasteiger partial charge is 0.328 e. The highest BCUT2D eigenvalue weighted by Crippen LogP contribution is 2.30. The summed E-state index contributed by atoms with van der Waals surface area (Å²) in [5.41, 5.74) is 6.83. The van der Waals surface area contributed by atoms with Crippen LogP contribution < -0.4 is 16.0 Å². The fourth-order valence-corrected chi connectivity index (χ4v) is 2.13. The molecule has 0 aliphatic rings. The van der Waals surface area contributed by atoms with Gasteiger partial charge in [-0.2, -0.15) is 0 Å². The van der Waals surface area contributed by atoms with Crippen LogP contribution in [0.15, 0.2) is 18.2 Å². The second kappa shape index (κ2) is 6.99. The number of rotatable bonds is 4. The first kappa shape index (κ1) is 15.3. The van der Waals surface area contributed by atoms with Gasteiger partial charge in [0.2, 0.25) is 0 Å². The molecule has 0 bridgehead atoms. The Morgan fingerprint density at radius 3 is 2.79 bits per heavy atom. The summed E-state index contributed by atoms with van der Waals surface area (Å²) < 4.78 is 0. The zero-order valence-corrected chi connectivity index (χ0v) is 11.9. The van der Waals surface area contributed by atoms with Crippen molar-refractivity contribution in [2.75, 3.05) is 11.9 Å². The van der Waals surface area contributed by atoms with Crippen LogP contribution in [0.3, 0.4) is 0 Å². The van der Waals surface area contributed by atoms with E-state index in [1.165, 1.54) is 4.90 Å². The number of carbonyl (C=O) groups excluding carboxylic acids is 1. The van der Waals surface area contributed by atoms with Crippen molar-refractivity contribution in [3.63, 3.8) is 0 Å². The van der Waals surface area contributed by atoms with Gasteiger partial charge < -0.3 is 5.73 Å². The van der Waals surface area contributed by atoms with Crippen LogP contribution in [0.25, 0.3) is 0 Å². The van der Waals surface area contributed by atoms with Crippen LogP contribution >= 0.6 is 11.6 Å². The Morgan fingerprint density at radius 2 is 2.21 bits per heavy atom. The Bertz CT molecular complexity index is 476.